The van der Waals surface area contributed by atoms with Gasteiger partial charge in [-0.25, -0.2) is 9.97 Å². The smallest absolute Gasteiger partial charge is 0.264 e. The molecule has 5 heterocycles. The minimum Gasteiger partial charge on any atom is -0.340 e. The van der Waals surface area contributed by atoms with Crippen molar-refractivity contribution in [1.82, 2.24) is 29.8 Å². The third-order valence-electron chi connectivity index (χ3n) is 6.25. The molecule has 3 aromatic heterocycles. The molecule has 5 rings (SSSR count). The van der Waals surface area contributed by atoms with Crippen molar-refractivity contribution in [3.05, 3.63) is 54.5 Å². The molecule has 0 aliphatic carbocycles. The largest absolute Gasteiger partial charge is 0.340 e. The summed E-state index contributed by atoms with van der Waals surface area (Å²) < 4.78 is 1.67. The predicted octanol–water partition coefficient (Wildman–Crippen LogP) is 3.32. The number of nitrogens with zero attached hydrogens (tertiary/aromatic N) is 9. The van der Waals surface area contributed by atoms with E-state index >= 15 is 0 Å². The molecular weight excluding hydrogens is 444 g/mol. The minimum atomic E-state index is -0.223. The van der Waals surface area contributed by atoms with Crippen molar-refractivity contribution in [2.24, 2.45) is 10.3 Å². The summed E-state index contributed by atoms with van der Waals surface area (Å²) in [6, 6.07) is 5.66. The Morgan fingerprint density at radius 3 is 2.74 bits per heavy atom. The van der Waals surface area contributed by atoms with E-state index in [9.17, 15) is 4.79 Å². The fourth-order valence-electron chi connectivity index (χ4n) is 4.40. The second kappa shape index (κ2) is 9.61. The lowest BCUT2D eigenvalue weighted by Crippen LogP contribution is -2.44. The van der Waals surface area contributed by atoms with Crippen LogP contribution >= 0.6 is 0 Å². The van der Waals surface area contributed by atoms with Crippen molar-refractivity contribution in [2.45, 2.75) is 44.7 Å². The Morgan fingerprint density at radius 2 is 2.00 bits per heavy atom. The van der Waals surface area contributed by atoms with E-state index in [2.05, 4.69) is 37.5 Å². The van der Waals surface area contributed by atoms with E-state index in [1.165, 1.54) is 0 Å². The van der Waals surface area contributed by atoms with Crippen molar-refractivity contribution >= 4 is 23.6 Å². The van der Waals surface area contributed by atoms with Crippen LogP contribution in [0.15, 0.2) is 53.3 Å². The first-order valence-corrected chi connectivity index (χ1v) is 11.6. The number of anilines is 2. The number of hydrogen-bond acceptors (Lipinski definition) is 9. The number of aromatic nitrogens is 5. The summed E-state index contributed by atoms with van der Waals surface area (Å²) in [5.41, 5.74) is 2.94. The number of nitrogens with one attached hydrogen (secondary N) is 1. The SMILES string of the molecule is CC(=O)N1C[C@H](c2nc(Nc3ccnc(C4C=[N+](C)N=N4)c3)cc(-c3cnccn3)n2)CC[C@@H]1C. The minimum absolute atomic E-state index is 0.0318. The van der Waals surface area contributed by atoms with E-state index in [4.69, 9.17) is 9.97 Å². The maximum atomic E-state index is 12.2. The van der Waals surface area contributed by atoms with Gasteiger partial charge in [0.05, 0.1) is 11.9 Å². The first kappa shape index (κ1) is 22.6. The van der Waals surface area contributed by atoms with Crippen molar-refractivity contribution in [2.75, 3.05) is 18.9 Å². The van der Waals surface area contributed by atoms with E-state index in [0.717, 1.165) is 24.2 Å². The van der Waals surface area contributed by atoms with Crippen molar-refractivity contribution in [3.63, 3.8) is 0 Å². The summed E-state index contributed by atoms with van der Waals surface area (Å²) in [5, 5.41) is 11.6. The van der Waals surface area contributed by atoms with Crippen LogP contribution in [0.3, 0.4) is 0 Å². The molecule has 11 nitrogen and oxygen atoms in total. The standard InChI is InChI=1S/C24H27N10O/c1-15-4-5-17(13-34(15)16(2)35)24-29-20(21-12-25-8-9-27-21)11-23(30-24)28-18-6-7-26-19(10-18)22-14-33(3)32-31-22/h6-12,14-15,17,22H,4-5,13H2,1-3H3,(H,26,28,29,30)/q+1/t15-,17+,22?/m0/s1. The average Bonchev–Trinajstić information content (AvgIpc) is 3.31. The first-order valence-electron chi connectivity index (χ1n) is 11.6. The number of carbonyl (C=O) groups excluding carboxylic acids is 1. The third-order valence-corrected chi connectivity index (χ3v) is 6.25. The molecule has 2 aliphatic heterocycles. The molecule has 11 heteroatoms. The Balaban J connectivity index is 1.48. The third kappa shape index (κ3) is 5.03. The molecule has 3 atom stereocenters. The Morgan fingerprint density at radius 1 is 1.11 bits per heavy atom. The second-order valence-electron chi connectivity index (χ2n) is 8.85. The number of likely N-dealkylation sites (tertiary alicyclic amines) is 1. The van der Waals surface area contributed by atoms with Gasteiger partial charge in [-0.15, -0.1) is 4.68 Å². The van der Waals surface area contributed by atoms with Crippen LogP contribution < -0.4 is 5.32 Å². The highest BCUT2D eigenvalue weighted by atomic mass is 16.2. The number of rotatable bonds is 5. The molecule has 35 heavy (non-hydrogen) atoms. The fraction of sp³-hybridized carbons (Fsp3) is 0.375. The molecule has 178 valence electrons. The Kier molecular flexibility index (Phi) is 6.21. The van der Waals surface area contributed by atoms with Gasteiger partial charge in [0.1, 0.15) is 41.5 Å². The van der Waals surface area contributed by atoms with Crippen molar-refractivity contribution < 1.29 is 9.48 Å². The van der Waals surface area contributed by atoms with Crippen molar-refractivity contribution in [1.29, 1.82) is 0 Å². The van der Waals surface area contributed by atoms with Crippen LogP contribution in [-0.4, -0.2) is 66.3 Å². The van der Waals surface area contributed by atoms with Gasteiger partial charge in [-0.3, -0.25) is 19.7 Å². The van der Waals surface area contributed by atoms with Gasteiger partial charge in [-0.2, -0.15) is 0 Å². The molecular formula is C24H27N10O+. The van der Waals surface area contributed by atoms with Gasteiger partial charge in [0.2, 0.25) is 5.91 Å². The monoisotopic (exact) mass is 471 g/mol. The van der Waals surface area contributed by atoms with E-state index < -0.39 is 0 Å². The highest BCUT2D eigenvalue weighted by molar-refractivity contribution is 5.74. The Bertz CT molecular complexity index is 1290. The number of pyridine rings is 1. The molecule has 2 aliphatic rings. The quantitative estimate of drug-likeness (QED) is 0.566. The molecule has 1 saturated heterocycles. The summed E-state index contributed by atoms with van der Waals surface area (Å²) >= 11 is 0. The second-order valence-corrected chi connectivity index (χ2v) is 8.85. The number of piperidine rings is 1. The van der Waals surface area contributed by atoms with E-state index in [1.54, 1.807) is 36.4 Å². The van der Waals surface area contributed by atoms with E-state index in [1.807, 2.05) is 36.4 Å². The molecule has 1 unspecified atom stereocenters. The lowest BCUT2D eigenvalue weighted by molar-refractivity contribution is -0.501. The van der Waals surface area contributed by atoms with Gasteiger partial charge < -0.3 is 10.2 Å². The number of carbonyl (C=O) groups is 1. The maximum Gasteiger partial charge on any atom is 0.264 e. The first-order chi connectivity index (χ1) is 17.0. The maximum absolute atomic E-state index is 12.2. The normalized spacial score (nSPS) is 21.6. The van der Waals surface area contributed by atoms with Gasteiger partial charge in [0.15, 0.2) is 0 Å². The highest BCUT2D eigenvalue weighted by Crippen LogP contribution is 2.31. The van der Waals surface area contributed by atoms with Gasteiger partial charge in [0.25, 0.3) is 6.04 Å². The molecule has 0 bridgehead atoms. The van der Waals surface area contributed by atoms with Crippen molar-refractivity contribution in [3.8, 4) is 11.4 Å². The molecule has 1 amide bonds. The average molecular weight is 472 g/mol. The molecule has 0 aromatic carbocycles. The van der Waals surface area contributed by atoms with Gasteiger partial charge in [0, 0.05) is 60.9 Å². The van der Waals surface area contributed by atoms with Gasteiger partial charge in [-0.1, -0.05) is 0 Å². The van der Waals surface area contributed by atoms with Crippen LogP contribution in [0.1, 0.15) is 50.2 Å². The van der Waals surface area contributed by atoms with Crippen LogP contribution in [0.2, 0.25) is 0 Å². The lowest BCUT2D eigenvalue weighted by Gasteiger charge is -2.37. The molecule has 3 aromatic rings. The molecule has 1 fully saturated rings. The summed E-state index contributed by atoms with van der Waals surface area (Å²) in [4.78, 5) is 36.8. The van der Waals surface area contributed by atoms with Crippen LogP contribution in [0, 0.1) is 0 Å². The summed E-state index contributed by atoms with van der Waals surface area (Å²) in [6.45, 7) is 4.29. The van der Waals surface area contributed by atoms with E-state index in [0.29, 0.717) is 29.6 Å². The molecule has 0 saturated carbocycles. The van der Waals surface area contributed by atoms with Gasteiger partial charge >= 0.3 is 0 Å². The number of hydrogen-bond donors (Lipinski definition) is 1. The fourth-order valence-corrected chi connectivity index (χ4v) is 4.40. The summed E-state index contributed by atoms with van der Waals surface area (Å²) in [6.07, 6.45) is 10.4. The van der Waals surface area contributed by atoms with Crippen LogP contribution in [-0.2, 0) is 4.79 Å². The molecule has 1 N–H and O–H groups in total. The predicted molar refractivity (Wildman–Crippen MR) is 129 cm³/mol. The van der Waals surface area contributed by atoms with E-state index in [-0.39, 0.29) is 23.9 Å². The summed E-state index contributed by atoms with van der Waals surface area (Å²) in [7, 11) is 1.83. The Hall–Kier alpha value is -4.15. The zero-order valence-electron chi connectivity index (χ0n) is 19.9. The van der Waals surface area contributed by atoms with Crippen LogP contribution in [0.5, 0.6) is 0 Å². The number of amides is 1. The van der Waals surface area contributed by atoms with Gasteiger partial charge in [-0.05, 0) is 31.9 Å². The zero-order valence-corrected chi connectivity index (χ0v) is 19.9. The van der Waals surface area contributed by atoms with Crippen LogP contribution in [0.4, 0.5) is 11.5 Å². The highest BCUT2D eigenvalue weighted by Gasteiger charge is 2.30. The Labute approximate surface area is 203 Å². The molecule has 0 spiro atoms. The topological polar surface area (TPSA) is 125 Å². The lowest BCUT2D eigenvalue weighted by atomic mass is 9.92. The zero-order chi connectivity index (χ0) is 24.4. The van der Waals surface area contributed by atoms with Crippen LogP contribution in [0.25, 0.3) is 11.4 Å². The molecule has 0 radical (unpaired) electrons. The summed E-state index contributed by atoms with van der Waals surface area (Å²) in [5.74, 6) is 1.42.